The molecule has 0 radical (unpaired) electrons. The zero-order valence-corrected chi connectivity index (χ0v) is 15.1. The first kappa shape index (κ1) is 18.9. The third-order valence-electron chi connectivity index (χ3n) is 5.37. The van der Waals surface area contributed by atoms with Gasteiger partial charge in [0.2, 0.25) is 5.91 Å². The Balaban J connectivity index is 1.64. The van der Waals surface area contributed by atoms with Crippen molar-refractivity contribution in [2.45, 2.75) is 32.1 Å². The molecule has 150 valence electrons. The second-order valence-corrected chi connectivity index (χ2v) is 7.26. The molecule has 1 aromatic heterocycles. The van der Waals surface area contributed by atoms with Crippen molar-refractivity contribution in [1.82, 2.24) is 20.0 Å². The highest BCUT2D eigenvalue weighted by Crippen LogP contribution is 2.35. The smallest absolute Gasteiger partial charge is 0.336 e. The first-order chi connectivity index (χ1) is 13.3. The minimum Gasteiger partial charge on any atom is -0.336 e. The number of hydrogen-bond acceptors (Lipinski definition) is 3. The molecule has 1 N–H and O–H groups in total. The number of rotatable bonds is 3. The zero-order valence-electron chi connectivity index (χ0n) is 15.1. The number of hydrogen-bond donors (Lipinski definition) is 1. The maximum absolute atomic E-state index is 13.5. The molecule has 1 amide bonds. The molecular weight excluding hydrogens is 376 g/mol. The van der Waals surface area contributed by atoms with Crippen LogP contribution in [0.2, 0.25) is 0 Å². The van der Waals surface area contributed by atoms with E-state index in [1.54, 1.807) is 4.90 Å². The molecule has 2 aliphatic rings. The molecule has 0 bridgehead atoms. The summed E-state index contributed by atoms with van der Waals surface area (Å²) in [6.45, 7) is 1.83. The van der Waals surface area contributed by atoms with Gasteiger partial charge in [-0.2, -0.15) is 18.3 Å². The van der Waals surface area contributed by atoms with Crippen LogP contribution < -0.4 is 5.32 Å². The number of halogens is 4. The number of nitrogens with zero attached hydrogens (tertiary/aromatic N) is 3. The van der Waals surface area contributed by atoms with Crippen molar-refractivity contribution in [1.29, 1.82) is 0 Å². The number of amides is 1. The number of aromatic nitrogens is 2. The van der Waals surface area contributed by atoms with E-state index < -0.39 is 17.7 Å². The van der Waals surface area contributed by atoms with E-state index in [9.17, 15) is 22.4 Å². The van der Waals surface area contributed by atoms with Gasteiger partial charge in [0, 0.05) is 18.7 Å². The van der Waals surface area contributed by atoms with Crippen molar-refractivity contribution in [3.63, 3.8) is 0 Å². The molecule has 1 atom stereocenters. The van der Waals surface area contributed by atoms with Crippen LogP contribution in [0.25, 0.3) is 0 Å². The van der Waals surface area contributed by atoms with Gasteiger partial charge in [-0.05, 0) is 37.1 Å². The average Bonchev–Trinajstić information content (AvgIpc) is 3.31. The Kier molecular flexibility index (Phi) is 4.86. The van der Waals surface area contributed by atoms with E-state index in [4.69, 9.17) is 0 Å². The lowest BCUT2D eigenvalue weighted by atomic mass is 10.0. The van der Waals surface area contributed by atoms with Gasteiger partial charge >= 0.3 is 6.18 Å². The van der Waals surface area contributed by atoms with Crippen LogP contribution in [0.5, 0.6) is 0 Å². The van der Waals surface area contributed by atoms with E-state index in [0.717, 1.165) is 13.0 Å². The van der Waals surface area contributed by atoms with Crippen molar-refractivity contribution in [3.05, 3.63) is 52.6 Å². The van der Waals surface area contributed by atoms with Gasteiger partial charge in [0.05, 0.1) is 24.7 Å². The predicted molar refractivity (Wildman–Crippen MR) is 92.8 cm³/mol. The standard InChI is InChI=1S/C19H20F4N4O/c20-14-3-1-12(2-4-14)10-27-16-11-26(18(28)13-5-7-24-9-13)8-6-15(16)17(25-27)19(21,22)23/h1-4,13,24H,5-11H2. The molecule has 4 rings (SSSR count). The van der Waals surface area contributed by atoms with Crippen LogP contribution in [0.4, 0.5) is 17.6 Å². The molecule has 9 heteroatoms. The van der Waals surface area contributed by atoms with E-state index in [0.29, 0.717) is 17.8 Å². The molecule has 1 unspecified atom stereocenters. The minimum atomic E-state index is -4.56. The largest absolute Gasteiger partial charge is 0.435 e. The maximum atomic E-state index is 13.5. The van der Waals surface area contributed by atoms with Crippen LogP contribution >= 0.6 is 0 Å². The van der Waals surface area contributed by atoms with E-state index in [2.05, 4.69) is 10.4 Å². The highest BCUT2D eigenvalue weighted by molar-refractivity contribution is 5.79. The molecule has 28 heavy (non-hydrogen) atoms. The first-order valence-electron chi connectivity index (χ1n) is 9.22. The molecule has 1 fully saturated rings. The van der Waals surface area contributed by atoms with E-state index in [1.165, 1.54) is 28.9 Å². The fraction of sp³-hybridized carbons (Fsp3) is 0.474. The quantitative estimate of drug-likeness (QED) is 0.812. The third-order valence-corrected chi connectivity index (χ3v) is 5.37. The summed E-state index contributed by atoms with van der Waals surface area (Å²) >= 11 is 0. The molecule has 3 heterocycles. The van der Waals surface area contributed by atoms with Crippen LogP contribution in [0, 0.1) is 11.7 Å². The van der Waals surface area contributed by atoms with Crippen molar-refractivity contribution < 1.29 is 22.4 Å². The second kappa shape index (κ2) is 7.20. The number of carbonyl (C=O) groups is 1. The molecule has 1 saturated heterocycles. The Bertz CT molecular complexity index is 869. The number of carbonyl (C=O) groups excluding carboxylic acids is 1. The summed E-state index contributed by atoms with van der Waals surface area (Å²) in [4.78, 5) is 14.3. The summed E-state index contributed by atoms with van der Waals surface area (Å²) in [6.07, 6.45) is -3.69. The Morgan fingerprint density at radius 2 is 2.00 bits per heavy atom. The van der Waals surface area contributed by atoms with Crippen LogP contribution in [-0.4, -0.2) is 40.2 Å². The van der Waals surface area contributed by atoms with Gasteiger partial charge < -0.3 is 10.2 Å². The maximum Gasteiger partial charge on any atom is 0.435 e. The Morgan fingerprint density at radius 3 is 2.64 bits per heavy atom. The van der Waals surface area contributed by atoms with Gasteiger partial charge in [-0.1, -0.05) is 12.1 Å². The van der Waals surface area contributed by atoms with Gasteiger partial charge in [-0.15, -0.1) is 0 Å². The van der Waals surface area contributed by atoms with Crippen LogP contribution in [0.1, 0.15) is 28.9 Å². The number of fused-ring (bicyclic) bond motifs is 1. The first-order valence-corrected chi connectivity index (χ1v) is 9.22. The minimum absolute atomic E-state index is 0.0289. The van der Waals surface area contributed by atoms with Crippen molar-refractivity contribution in [2.24, 2.45) is 5.92 Å². The topological polar surface area (TPSA) is 50.2 Å². The molecule has 2 aromatic rings. The number of alkyl halides is 3. The summed E-state index contributed by atoms with van der Waals surface area (Å²) in [5.74, 6) is -0.569. The lowest BCUT2D eigenvalue weighted by Gasteiger charge is -2.30. The third kappa shape index (κ3) is 3.63. The molecular formula is C19H20F4N4O. The van der Waals surface area contributed by atoms with Crippen LogP contribution in [0.3, 0.4) is 0 Å². The monoisotopic (exact) mass is 396 g/mol. The summed E-state index contributed by atoms with van der Waals surface area (Å²) in [7, 11) is 0. The summed E-state index contributed by atoms with van der Waals surface area (Å²) in [6, 6.07) is 5.57. The molecule has 0 saturated carbocycles. The second-order valence-electron chi connectivity index (χ2n) is 7.26. The average molecular weight is 396 g/mol. The van der Waals surface area contributed by atoms with Crippen LogP contribution in [0.15, 0.2) is 24.3 Å². The fourth-order valence-corrected chi connectivity index (χ4v) is 3.91. The number of benzene rings is 1. The van der Waals surface area contributed by atoms with Gasteiger partial charge in [0.15, 0.2) is 5.69 Å². The van der Waals surface area contributed by atoms with Crippen molar-refractivity contribution >= 4 is 5.91 Å². The van der Waals surface area contributed by atoms with E-state index in [1.807, 2.05) is 0 Å². The highest BCUT2D eigenvalue weighted by atomic mass is 19.4. The molecule has 0 aliphatic carbocycles. The summed E-state index contributed by atoms with van der Waals surface area (Å²) in [5, 5.41) is 6.96. The van der Waals surface area contributed by atoms with Gasteiger partial charge in [0.1, 0.15) is 5.82 Å². The highest BCUT2D eigenvalue weighted by Gasteiger charge is 2.41. The fourth-order valence-electron chi connectivity index (χ4n) is 3.91. The predicted octanol–water partition coefficient (Wildman–Crippen LogP) is 2.58. The zero-order chi connectivity index (χ0) is 19.9. The van der Waals surface area contributed by atoms with E-state index in [-0.39, 0.29) is 43.4 Å². The summed E-state index contributed by atoms with van der Waals surface area (Å²) < 4.78 is 54.8. The Labute approximate surface area is 159 Å². The van der Waals surface area contributed by atoms with E-state index >= 15 is 0 Å². The molecule has 5 nitrogen and oxygen atoms in total. The Morgan fingerprint density at radius 1 is 1.25 bits per heavy atom. The van der Waals surface area contributed by atoms with Crippen molar-refractivity contribution in [3.8, 4) is 0 Å². The number of nitrogens with one attached hydrogen (secondary N) is 1. The summed E-state index contributed by atoms with van der Waals surface area (Å²) in [5.41, 5.74) is 0.313. The molecule has 1 aromatic carbocycles. The van der Waals surface area contributed by atoms with Gasteiger partial charge in [-0.3, -0.25) is 9.48 Å². The Hall–Kier alpha value is -2.42. The van der Waals surface area contributed by atoms with Gasteiger partial charge in [0.25, 0.3) is 0 Å². The lowest BCUT2D eigenvalue weighted by Crippen LogP contribution is -2.41. The lowest BCUT2D eigenvalue weighted by molar-refractivity contribution is -0.142. The van der Waals surface area contributed by atoms with Crippen LogP contribution in [-0.2, 0) is 30.5 Å². The van der Waals surface area contributed by atoms with Crippen molar-refractivity contribution in [2.75, 3.05) is 19.6 Å². The van der Waals surface area contributed by atoms with Gasteiger partial charge in [-0.25, -0.2) is 4.39 Å². The molecule has 0 spiro atoms. The molecule has 2 aliphatic heterocycles. The normalized spacial score (nSPS) is 19.7. The SMILES string of the molecule is O=C(C1CCNC1)N1CCc2c(C(F)(F)F)nn(Cc3ccc(F)cc3)c2C1.